The van der Waals surface area contributed by atoms with Gasteiger partial charge in [-0.1, -0.05) is 12.1 Å². The molecule has 0 aliphatic carbocycles. The second-order valence-electron chi connectivity index (χ2n) is 5.41. The van der Waals surface area contributed by atoms with Crippen LogP contribution in [0.15, 0.2) is 36.4 Å². The number of carbonyl (C=O) groups excluding carboxylic acids is 1. The largest absolute Gasteiger partial charge is 0.493 e. The van der Waals surface area contributed by atoms with Crippen LogP contribution in [0.1, 0.15) is 23.1 Å². The van der Waals surface area contributed by atoms with Gasteiger partial charge < -0.3 is 14.2 Å². The minimum atomic E-state index is -0.247. The van der Waals surface area contributed by atoms with Crippen molar-refractivity contribution >= 4 is 5.97 Å². The second-order valence-corrected chi connectivity index (χ2v) is 5.41. The topological polar surface area (TPSA) is 44.8 Å². The Balaban J connectivity index is 1.95. The third-order valence-corrected chi connectivity index (χ3v) is 3.78. The normalized spacial score (nSPS) is 10.3. The van der Waals surface area contributed by atoms with Gasteiger partial charge in [0.1, 0.15) is 5.75 Å². The maximum absolute atomic E-state index is 12.0. The zero-order valence-corrected chi connectivity index (χ0v) is 14.0. The SMILES string of the molecule is COc1ccc(CCC(=O)Oc2ccc(C)c(C)c2)cc1OC. The molecule has 0 aliphatic rings. The average Bonchev–Trinajstić information content (AvgIpc) is 2.56. The standard InChI is InChI=1S/C19H22O4/c1-13-5-8-16(11-14(13)2)23-19(20)10-7-15-6-9-17(21-3)18(12-15)22-4/h5-6,8-9,11-12H,7,10H2,1-4H3. The van der Waals surface area contributed by atoms with Gasteiger partial charge in [-0.3, -0.25) is 4.79 Å². The molecular formula is C19H22O4. The number of hydrogen-bond donors (Lipinski definition) is 0. The van der Waals surface area contributed by atoms with E-state index in [-0.39, 0.29) is 5.97 Å². The second kappa shape index (κ2) is 7.68. The first-order valence-electron chi connectivity index (χ1n) is 7.52. The Morgan fingerprint density at radius 1 is 0.913 bits per heavy atom. The van der Waals surface area contributed by atoms with Crippen molar-refractivity contribution in [1.29, 1.82) is 0 Å². The molecule has 4 heteroatoms. The summed E-state index contributed by atoms with van der Waals surface area (Å²) in [6.07, 6.45) is 0.895. The molecule has 2 aromatic rings. The molecule has 0 spiro atoms. The lowest BCUT2D eigenvalue weighted by molar-refractivity contribution is -0.134. The van der Waals surface area contributed by atoms with Gasteiger partial charge in [-0.25, -0.2) is 0 Å². The highest BCUT2D eigenvalue weighted by molar-refractivity contribution is 5.72. The van der Waals surface area contributed by atoms with E-state index in [0.717, 1.165) is 11.1 Å². The monoisotopic (exact) mass is 314 g/mol. The lowest BCUT2D eigenvalue weighted by atomic mass is 10.1. The molecule has 0 amide bonds. The fraction of sp³-hybridized carbons (Fsp3) is 0.316. The van der Waals surface area contributed by atoms with E-state index < -0.39 is 0 Å². The average molecular weight is 314 g/mol. The molecule has 0 aromatic heterocycles. The molecule has 122 valence electrons. The molecule has 0 saturated carbocycles. The Morgan fingerprint density at radius 2 is 1.65 bits per heavy atom. The van der Waals surface area contributed by atoms with Crippen molar-refractivity contribution in [1.82, 2.24) is 0 Å². The van der Waals surface area contributed by atoms with Crippen molar-refractivity contribution < 1.29 is 19.0 Å². The highest BCUT2D eigenvalue weighted by atomic mass is 16.5. The Kier molecular flexibility index (Phi) is 5.63. The molecule has 0 radical (unpaired) electrons. The molecule has 0 heterocycles. The van der Waals surface area contributed by atoms with Gasteiger partial charge in [0.05, 0.1) is 14.2 Å². The van der Waals surface area contributed by atoms with Gasteiger partial charge >= 0.3 is 5.97 Å². The molecule has 0 aliphatic heterocycles. The van der Waals surface area contributed by atoms with Crippen LogP contribution in [-0.2, 0) is 11.2 Å². The van der Waals surface area contributed by atoms with Crippen LogP contribution in [0.4, 0.5) is 0 Å². The molecule has 4 nitrogen and oxygen atoms in total. The summed E-state index contributed by atoms with van der Waals surface area (Å²) in [4.78, 5) is 12.0. The van der Waals surface area contributed by atoms with Gasteiger partial charge in [-0.05, 0) is 61.2 Å². The first kappa shape index (κ1) is 16.9. The highest BCUT2D eigenvalue weighted by Crippen LogP contribution is 2.28. The number of esters is 1. The summed E-state index contributed by atoms with van der Waals surface area (Å²) in [5, 5.41) is 0. The molecular weight excluding hydrogens is 292 g/mol. The van der Waals surface area contributed by atoms with Crippen molar-refractivity contribution in [2.45, 2.75) is 26.7 Å². The number of methoxy groups -OCH3 is 2. The third kappa shape index (κ3) is 4.49. The number of hydrogen-bond acceptors (Lipinski definition) is 4. The van der Waals surface area contributed by atoms with Gasteiger partial charge in [-0.2, -0.15) is 0 Å². The zero-order valence-electron chi connectivity index (χ0n) is 14.0. The minimum Gasteiger partial charge on any atom is -0.493 e. The van der Waals surface area contributed by atoms with Crippen molar-refractivity contribution in [3.8, 4) is 17.2 Å². The van der Waals surface area contributed by atoms with Gasteiger partial charge in [-0.15, -0.1) is 0 Å². The first-order chi connectivity index (χ1) is 11.0. The lowest BCUT2D eigenvalue weighted by Gasteiger charge is -2.10. The third-order valence-electron chi connectivity index (χ3n) is 3.78. The Morgan fingerprint density at radius 3 is 2.30 bits per heavy atom. The summed E-state index contributed by atoms with van der Waals surface area (Å²) in [6, 6.07) is 11.3. The fourth-order valence-electron chi connectivity index (χ4n) is 2.24. The fourth-order valence-corrected chi connectivity index (χ4v) is 2.24. The number of benzene rings is 2. The predicted octanol–water partition coefficient (Wildman–Crippen LogP) is 3.86. The predicted molar refractivity (Wildman–Crippen MR) is 89.4 cm³/mol. The van der Waals surface area contributed by atoms with Crippen LogP contribution in [0, 0.1) is 13.8 Å². The van der Waals surface area contributed by atoms with E-state index in [1.54, 1.807) is 14.2 Å². The quantitative estimate of drug-likeness (QED) is 0.600. The van der Waals surface area contributed by atoms with Crippen LogP contribution < -0.4 is 14.2 Å². The Labute approximate surface area is 137 Å². The van der Waals surface area contributed by atoms with Crippen molar-refractivity contribution in [2.75, 3.05) is 14.2 Å². The summed E-state index contributed by atoms with van der Waals surface area (Å²) < 4.78 is 15.8. The van der Waals surface area contributed by atoms with Crippen molar-refractivity contribution in [3.63, 3.8) is 0 Å². The van der Waals surface area contributed by atoms with Crippen LogP contribution in [0.25, 0.3) is 0 Å². The van der Waals surface area contributed by atoms with Gasteiger partial charge in [0.2, 0.25) is 0 Å². The van der Waals surface area contributed by atoms with E-state index in [1.807, 2.05) is 50.2 Å². The molecule has 0 bridgehead atoms. The number of rotatable bonds is 6. The summed E-state index contributed by atoms with van der Waals surface area (Å²) in [5.74, 6) is 1.68. The van der Waals surface area contributed by atoms with E-state index in [1.165, 1.54) is 5.56 Å². The zero-order chi connectivity index (χ0) is 16.8. The van der Waals surface area contributed by atoms with E-state index in [9.17, 15) is 4.79 Å². The lowest BCUT2D eigenvalue weighted by Crippen LogP contribution is -2.09. The molecule has 0 fully saturated rings. The molecule has 0 unspecified atom stereocenters. The minimum absolute atomic E-state index is 0.247. The van der Waals surface area contributed by atoms with Gasteiger partial charge in [0.25, 0.3) is 0 Å². The van der Waals surface area contributed by atoms with Crippen molar-refractivity contribution in [3.05, 3.63) is 53.1 Å². The first-order valence-corrected chi connectivity index (χ1v) is 7.52. The van der Waals surface area contributed by atoms with Crippen LogP contribution in [0.5, 0.6) is 17.2 Å². The van der Waals surface area contributed by atoms with Crippen LogP contribution >= 0.6 is 0 Å². The van der Waals surface area contributed by atoms with Crippen LogP contribution in [-0.4, -0.2) is 20.2 Å². The maximum Gasteiger partial charge on any atom is 0.311 e. The molecule has 0 atom stereocenters. The summed E-state index contributed by atoms with van der Waals surface area (Å²) in [7, 11) is 3.19. The van der Waals surface area contributed by atoms with E-state index in [0.29, 0.717) is 30.1 Å². The van der Waals surface area contributed by atoms with E-state index in [2.05, 4.69) is 0 Å². The smallest absolute Gasteiger partial charge is 0.311 e. The summed E-state index contributed by atoms with van der Waals surface area (Å²) in [5.41, 5.74) is 3.28. The number of carbonyl (C=O) groups is 1. The molecule has 0 saturated heterocycles. The van der Waals surface area contributed by atoms with Gasteiger partial charge in [0.15, 0.2) is 11.5 Å². The van der Waals surface area contributed by atoms with Crippen LogP contribution in [0.2, 0.25) is 0 Å². The Bertz CT molecular complexity index is 692. The summed E-state index contributed by atoms with van der Waals surface area (Å²) in [6.45, 7) is 4.02. The van der Waals surface area contributed by atoms with Crippen molar-refractivity contribution in [2.24, 2.45) is 0 Å². The maximum atomic E-state index is 12.0. The van der Waals surface area contributed by atoms with Gasteiger partial charge in [0, 0.05) is 6.42 Å². The Hall–Kier alpha value is -2.49. The molecule has 0 N–H and O–H groups in total. The van der Waals surface area contributed by atoms with E-state index in [4.69, 9.17) is 14.2 Å². The number of aryl methyl sites for hydroxylation is 3. The highest BCUT2D eigenvalue weighted by Gasteiger charge is 2.09. The number of ether oxygens (including phenoxy) is 3. The van der Waals surface area contributed by atoms with Crippen LogP contribution in [0.3, 0.4) is 0 Å². The van der Waals surface area contributed by atoms with E-state index >= 15 is 0 Å². The molecule has 2 aromatic carbocycles. The summed E-state index contributed by atoms with van der Waals surface area (Å²) >= 11 is 0. The molecule has 23 heavy (non-hydrogen) atoms. The molecule has 2 rings (SSSR count).